The van der Waals surface area contributed by atoms with Crippen LogP contribution >= 0.6 is 57.5 Å². The first-order chi connectivity index (χ1) is 23.0. The third-order valence-electron chi connectivity index (χ3n) is 7.76. The molecule has 4 aromatic heterocycles. The third kappa shape index (κ3) is 5.84. The highest BCUT2D eigenvalue weighted by Gasteiger charge is 2.17. The number of aromatic nitrogens is 4. The molecular weight excluding hydrogens is 683 g/mol. The zero-order valence-corrected chi connectivity index (χ0v) is 28.3. The van der Waals surface area contributed by atoms with Gasteiger partial charge in [-0.25, -0.2) is 19.9 Å². The smallest absolute Gasteiger partial charge is 0.216 e. The summed E-state index contributed by atoms with van der Waals surface area (Å²) in [5, 5.41) is 3.06. The van der Waals surface area contributed by atoms with E-state index in [0.29, 0.717) is 5.15 Å². The molecule has 0 saturated heterocycles. The van der Waals surface area contributed by atoms with Crippen LogP contribution in [0.15, 0.2) is 127 Å². The summed E-state index contributed by atoms with van der Waals surface area (Å²) in [5.41, 5.74) is 8.27. The Balaban J connectivity index is 0.000000180. The maximum absolute atomic E-state index is 6.43. The van der Waals surface area contributed by atoms with Gasteiger partial charge in [0.25, 0.3) is 0 Å². The van der Waals surface area contributed by atoms with E-state index in [1.54, 1.807) is 22.7 Å². The molecule has 47 heavy (non-hydrogen) atoms. The van der Waals surface area contributed by atoms with Crippen LogP contribution in [0.4, 0.5) is 0 Å². The lowest BCUT2D eigenvalue weighted by Gasteiger charge is -2.11. The summed E-state index contributed by atoms with van der Waals surface area (Å²) < 4.78 is 4.27. The lowest BCUT2D eigenvalue weighted by Crippen LogP contribution is -1.91. The lowest BCUT2D eigenvalue weighted by molar-refractivity contribution is 1.23. The molecule has 4 heterocycles. The summed E-state index contributed by atoms with van der Waals surface area (Å²) in [5.74, 6) is 0. The van der Waals surface area contributed by atoms with E-state index < -0.39 is 0 Å². The fraction of sp³-hybridized carbons (Fsp3) is 0. The number of fused-ring (bicyclic) bond motifs is 6. The van der Waals surface area contributed by atoms with Crippen molar-refractivity contribution in [2.24, 2.45) is 0 Å². The molecule has 0 unspecified atom stereocenters. The van der Waals surface area contributed by atoms with Gasteiger partial charge in [-0.05, 0) is 75.8 Å². The summed E-state index contributed by atoms with van der Waals surface area (Å²) in [6.07, 6.45) is 0. The number of hydrogen-bond donors (Lipinski definition) is 0. The van der Waals surface area contributed by atoms with Gasteiger partial charge in [0, 0.05) is 25.7 Å². The standard InChI is InChI=1S/C28H17ClN2S.C10H4Cl2N2S/c29-28-30-25(27-26(31-28)23-13-7-8-14-24(23)32-27)22-16-20(18-9-3-1-4-10-18)15-21(17-22)19-11-5-2-6-12-19;11-9-8-7(13-10(12)14-9)5-3-1-2-4-6(5)15-8/h1-17H;1-4H. The van der Waals surface area contributed by atoms with Crippen LogP contribution in [0.2, 0.25) is 15.7 Å². The Morgan fingerprint density at radius 3 is 1.43 bits per heavy atom. The molecule has 0 aliphatic carbocycles. The first-order valence-electron chi connectivity index (χ1n) is 14.6. The normalized spacial score (nSPS) is 11.3. The molecule has 0 saturated carbocycles. The molecule has 0 aliphatic heterocycles. The van der Waals surface area contributed by atoms with Gasteiger partial charge in [0.05, 0.1) is 26.1 Å². The van der Waals surface area contributed by atoms with Gasteiger partial charge in [0.15, 0.2) is 5.15 Å². The minimum absolute atomic E-state index is 0.191. The molecule has 226 valence electrons. The van der Waals surface area contributed by atoms with E-state index in [2.05, 4.69) is 99.9 Å². The maximum atomic E-state index is 6.43. The average molecular weight is 704 g/mol. The summed E-state index contributed by atoms with van der Waals surface area (Å²) in [6.45, 7) is 0. The Morgan fingerprint density at radius 2 is 0.851 bits per heavy atom. The van der Waals surface area contributed by atoms with Crippen LogP contribution in [0, 0.1) is 0 Å². The number of hydrogen-bond acceptors (Lipinski definition) is 6. The average Bonchev–Trinajstić information content (AvgIpc) is 3.68. The minimum Gasteiger partial charge on any atom is -0.216 e. The lowest BCUT2D eigenvalue weighted by atomic mass is 9.95. The number of rotatable bonds is 3. The Kier molecular flexibility index (Phi) is 8.05. The van der Waals surface area contributed by atoms with E-state index in [4.69, 9.17) is 39.8 Å². The zero-order chi connectivity index (χ0) is 31.9. The summed E-state index contributed by atoms with van der Waals surface area (Å²) in [6, 6.07) is 43.8. The van der Waals surface area contributed by atoms with Crippen molar-refractivity contribution in [3.63, 3.8) is 0 Å². The molecule has 0 radical (unpaired) electrons. The summed E-state index contributed by atoms with van der Waals surface area (Å²) in [4.78, 5) is 17.4. The molecule has 0 spiro atoms. The highest BCUT2D eigenvalue weighted by molar-refractivity contribution is 7.26. The van der Waals surface area contributed by atoms with E-state index in [1.165, 1.54) is 15.8 Å². The third-order valence-corrected chi connectivity index (χ3v) is 10.8. The van der Waals surface area contributed by atoms with Gasteiger partial charge in [0.1, 0.15) is 0 Å². The van der Waals surface area contributed by atoms with Gasteiger partial charge >= 0.3 is 0 Å². The van der Waals surface area contributed by atoms with Crippen molar-refractivity contribution in [3.05, 3.63) is 143 Å². The maximum Gasteiger partial charge on any atom is 0.224 e. The van der Waals surface area contributed by atoms with Crippen LogP contribution in [0.1, 0.15) is 0 Å². The monoisotopic (exact) mass is 702 g/mol. The van der Waals surface area contributed by atoms with Crippen molar-refractivity contribution < 1.29 is 0 Å². The second-order valence-corrected chi connectivity index (χ2v) is 13.8. The highest BCUT2D eigenvalue weighted by Crippen LogP contribution is 2.41. The number of benzene rings is 5. The number of thiophene rings is 2. The van der Waals surface area contributed by atoms with Crippen molar-refractivity contribution in [3.8, 4) is 33.5 Å². The van der Waals surface area contributed by atoms with Gasteiger partial charge in [-0.3, -0.25) is 0 Å². The van der Waals surface area contributed by atoms with Crippen molar-refractivity contribution in [2.45, 2.75) is 0 Å². The van der Waals surface area contributed by atoms with Crippen molar-refractivity contribution >= 4 is 98.1 Å². The molecule has 9 rings (SSSR count). The Bertz CT molecular complexity index is 2510. The molecule has 0 atom stereocenters. The summed E-state index contributed by atoms with van der Waals surface area (Å²) >= 11 is 21.5. The van der Waals surface area contributed by atoms with E-state index in [-0.39, 0.29) is 10.6 Å². The van der Waals surface area contributed by atoms with E-state index in [0.717, 1.165) is 58.3 Å². The minimum atomic E-state index is 0.191. The first kappa shape index (κ1) is 29.9. The van der Waals surface area contributed by atoms with Crippen molar-refractivity contribution in [1.29, 1.82) is 0 Å². The van der Waals surface area contributed by atoms with Crippen LogP contribution < -0.4 is 0 Å². The van der Waals surface area contributed by atoms with Gasteiger partial charge in [0.2, 0.25) is 10.6 Å². The predicted octanol–water partition coefficient (Wildman–Crippen LogP) is 12.7. The van der Waals surface area contributed by atoms with E-state index >= 15 is 0 Å². The van der Waals surface area contributed by atoms with Crippen LogP contribution in [-0.4, -0.2) is 19.9 Å². The highest BCUT2D eigenvalue weighted by atomic mass is 35.5. The molecule has 4 nitrogen and oxygen atoms in total. The van der Waals surface area contributed by atoms with Crippen molar-refractivity contribution in [2.75, 3.05) is 0 Å². The van der Waals surface area contributed by atoms with Crippen LogP contribution in [0.3, 0.4) is 0 Å². The van der Waals surface area contributed by atoms with E-state index in [1.807, 2.05) is 42.5 Å². The Labute approximate surface area is 292 Å². The van der Waals surface area contributed by atoms with Crippen molar-refractivity contribution in [1.82, 2.24) is 19.9 Å². The first-order valence-corrected chi connectivity index (χ1v) is 17.4. The molecule has 9 heteroatoms. The molecule has 0 fully saturated rings. The van der Waals surface area contributed by atoms with E-state index in [9.17, 15) is 0 Å². The Morgan fingerprint density at radius 1 is 0.404 bits per heavy atom. The molecule has 0 N–H and O–H groups in total. The predicted molar refractivity (Wildman–Crippen MR) is 201 cm³/mol. The fourth-order valence-corrected chi connectivity index (χ4v) is 8.49. The summed E-state index contributed by atoms with van der Waals surface area (Å²) in [7, 11) is 0. The molecule has 0 bridgehead atoms. The molecule has 5 aromatic carbocycles. The van der Waals surface area contributed by atoms with Crippen LogP contribution in [0.25, 0.3) is 74.1 Å². The Hall–Kier alpha value is -4.43. The SMILES string of the molecule is Clc1nc(-c2cc(-c3ccccc3)cc(-c3ccccc3)c2)c2sc3ccccc3c2n1.Clc1nc(Cl)c2sc3ccccc3c2n1. The topological polar surface area (TPSA) is 51.6 Å². The largest absolute Gasteiger partial charge is 0.224 e. The van der Waals surface area contributed by atoms with Crippen LogP contribution in [-0.2, 0) is 0 Å². The van der Waals surface area contributed by atoms with Gasteiger partial charge in [-0.1, -0.05) is 109 Å². The molecule has 9 aromatic rings. The van der Waals surface area contributed by atoms with Gasteiger partial charge < -0.3 is 0 Å². The van der Waals surface area contributed by atoms with Crippen LogP contribution in [0.5, 0.6) is 0 Å². The molecule has 0 amide bonds. The van der Waals surface area contributed by atoms with Gasteiger partial charge in [-0.2, -0.15) is 0 Å². The second-order valence-electron chi connectivity index (χ2n) is 10.7. The number of nitrogens with zero attached hydrogens (tertiary/aromatic N) is 4. The second kappa shape index (κ2) is 12.6. The fourth-order valence-electron chi connectivity index (χ4n) is 5.65. The zero-order valence-electron chi connectivity index (χ0n) is 24.4. The number of halogens is 3. The molecule has 0 aliphatic rings. The van der Waals surface area contributed by atoms with Gasteiger partial charge in [-0.15, -0.1) is 22.7 Å². The molecular formula is C38H21Cl3N4S2. The quantitative estimate of drug-likeness (QED) is 0.136.